The van der Waals surface area contributed by atoms with Gasteiger partial charge >= 0.3 is 6.03 Å². The number of amides is 3. The van der Waals surface area contributed by atoms with E-state index in [1.807, 2.05) is 18.7 Å². The first-order chi connectivity index (χ1) is 13.8. The van der Waals surface area contributed by atoms with Gasteiger partial charge in [-0.1, -0.05) is 0 Å². The number of urea groups is 1. The molecule has 3 rings (SSSR count). The van der Waals surface area contributed by atoms with Crippen LogP contribution in [-0.2, 0) is 4.79 Å². The van der Waals surface area contributed by atoms with Gasteiger partial charge in [0, 0.05) is 37.8 Å². The van der Waals surface area contributed by atoms with Gasteiger partial charge in [0.25, 0.3) is 0 Å². The number of carbonyl (C=O) groups is 2. The van der Waals surface area contributed by atoms with Gasteiger partial charge in [-0.15, -0.1) is 0 Å². The Labute approximate surface area is 170 Å². The highest BCUT2D eigenvalue weighted by Gasteiger charge is 2.50. The predicted molar refractivity (Wildman–Crippen MR) is 108 cm³/mol. The zero-order valence-corrected chi connectivity index (χ0v) is 16.8. The van der Waals surface area contributed by atoms with Crippen molar-refractivity contribution in [1.82, 2.24) is 20.1 Å². The normalized spacial score (nSPS) is 24.0. The van der Waals surface area contributed by atoms with Crippen LogP contribution in [-0.4, -0.2) is 65.0 Å². The van der Waals surface area contributed by atoms with E-state index in [0.29, 0.717) is 30.9 Å². The van der Waals surface area contributed by atoms with Gasteiger partial charge in [-0.2, -0.15) is 0 Å². The van der Waals surface area contributed by atoms with Crippen LogP contribution in [0, 0.1) is 11.7 Å². The summed E-state index contributed by atoms with van der Waals surface area (Å²) in [5, 5.41) is 4.41. The summed E-state index contributed by atoms with van der Waals surface area (Å²) < 4.78 is 13.1. The van der Waals surface area contributed by atoms with Gasteiger partial charge in [-0.25, -0.2) is 15.0 Å². The SMILES string of the molecule is CC(C)NC(=O)N1C[C@H](CN(N)/C=C(\N)c2ccc(F)cc2)[C@@H]2[C@H]1CCN2C=O. The number of likely N-dealkylation sites (tertiary alicyclic amines) is 2. The third kappa shape index (κ3) is 4.61. The molecule has 29 heavy (non-hydrogen) atoms. The van der Waals surface area contributed by atoms with E-state index in [9.17, 15) is 14.0 Å². The molecule has 9 heteroatoms. The summed E-state index contributed by atoms with van der Waals surface area (Å²) in [4.78, 5) is 27.7. The first-order valence-electron chi connectivity index (χ1n) is 9.83. The molecule has 0 unspecified atom stereocenters. The number of halogens is 1. The average Bonchev–Trinajstić information content (AvgIpc) is 3.22. The highest BCUT2D eigenvalue weighted by Crippen LogP contribution is 2.35. The smallest absolute Gasteiger partial charge is 0.317 e. The fourth-order valence-electron chi connectivity index (χ4n) is 4.31. The molecule has 5 N–H and O–H groups in total. The van der Waals surface area contributed by atoms with Crippen LogP contribution in [0.25, 0.3) is 5.70 Å². The van der Waals surface area contributed by atoms with Gasteiger partial charge in [0.05, 0.1) is 17.8 Å². The van der Waals surface area contributed by atoms with Gasteiger partial charge in [-0.05, 0) is 50.1 Å². The van der Waals surface area contributed by atoms with Crippen LogP contribution in [0.1, 0.15) is 25.8 Å². The second kappa shape index (κ2) is 8.69. The number of benzene rings is 1. The molecule has 3 amide bonds. The summed E-state index contributed by atoms with van der Waals surface area (Å²) >= 11 is 0. The number of fused-ring (bicyclic) bond motifs is 1. The van der Waals surface area contributed by atoms with Gasteiger partial charge < -0.3 is 25.9 Å². The molecular formula is C20H29FN6O2. The van der Waals surface area contributed by atoms with E-state index in [1.54, 1.807) is 23.2 Å². The van der Waals surface area contributed by atoms with Crippen LogP contribution in [0.15, 0.2) is 30.5 Å². The molecule has 8 nitrogen and oxygen atoms in total. The van der Waals surface area contributed by atoms with Crippen LogP contribution < -0.4 is 16.9 Å². The first kappa shape index (κ1) is 20.9. The third-order valence-corrected chi connectivity index (χ3v) is 5.51. The minimum Gasteiger partial charge on any atom is -0.397 e. The molecular weight excluding hydrogens is 375 g/mol. The monoisotopic (exact) mass is 404 g/mol. The molecule has 3 atom stereocenters. The Hall–Kier alpha value is -2.81. The number of hydrogen-bond donors (Lipinski definition) is 3. The van der Waals surface area contributed by atoms with Crippen molar-refractivity contribution in [2.24, 2.45) is 17.5 Å². The minimum absolute atomic E-state index is 0.00659. The van der Waals surface area contributed by atoms with Gasteiger partial charge in [0.1, 0.15) is 5.82 Å². The molecule has 1 aromatic carbocycles. The number of carbonyl (C=O) groups excluding carboxylic acids is 2. The molecule has 158 valence electrons. The molecule has 0 aromatic heterocycles. The lowest BCUT2D eigenvalue weighted by molar-refractivity contribution is -0.119. The second-order valence-electron chi connectivity index (χ2n) is 7.99. The predicted octanol–water partition coefficient (Wildman–Crippen LogP) is 0.908. The van der Waals surface area contributed by atoms with Gasteiger partial charge in [-0.3, -0.25) is 4.79 Å². The van der Waals surface area contributed by atoms with E-state index < -0.39 is 0 Å². The Kier molecular flexibility index (Phi) is 6.26. The number of hydrazine groups is 1. The maximum absolute atomic E-state index is 13.1. The summed E-state index contributed by atoms with van der Waals surface area (Å²) in [6, 6.07) is 5.68. The highest BCUT2D eigenvalue weighted by atomic mass is 19.1. The number of hydrogen-bond acceptors (Lipinski definition) is 5. The van der Waals surface area contributed by atoms with Crippen LogP contribution in [0.3, 0.4) is 0 Å². The van der Waals surface area contributed by atoms with E-state index in [-0.39, 0.29) is 35.9 Å². The maximum atomic E-state index is 13.1. The molecule has 0 bridgehead atoms. The number of nitrogens with one attached hydrogen (secondary N) is 1. The van der Waals surface area contributed by atoms with Crippen molar-refractivity contribution in [3.05, 3.63) is 41.8 Å². The minimum atomic E-state index is -0.335. The third-order valence-electron chi connectivity index (χ3n) is 5.51. The molecule has 0 aliphatic carbocycles. The van der Waals surface area contributed by atoms with Crippen molar-refractivity contribution >= 4 is 18.1 Å². The number of rotatable bonds is 6. The maximum Gasteiger partial charge on any atom is 0.317 e. The van der Waals surface area contributed by atoms with Crippen molar-refractivity contribution < 1.29 is 14.0 Å². The largest absolute Gasteiger partial charge is 0.397 e. The second-order valence-corrected chi connectivity index (χ2v) is 7.99. The van der Waals surface area contributed by atoms with Gasteiger partial charge in [0.15, 0.2) is 0 Å². The zero-order valence-electron chi connectivity index (χ0n) is 16.8. The summed E-state index contributed by atoms with van der Waals surface area (Å²) in [6.45, 7) is 5.40. The molecule has 1 aromatic rings. The Balaban J connectivity index is 1.72. The van der Waals surface area contributed by atoms with E-state index in [1.165, 1.54) is 17.1 Å². The van der Waals surface area contributed by atoms with Crippen LogP contribution in [0.4, 0.5) is 9.18 Å². The van der Waals surface area contributed by atoms with E-state index in [4.69, 9.17) is 11.6 Å². The summed E-state index contributed by atoms with van der Waals surface area (Å²) in [5.41, 5.74) is 7.17. The van der Waals surface area contributed by atoms with Crippen molar-refractivity contribution in [2.45, 2.75) is 38.4 Å². The Morgan fingerprint density at radius 1 is 1.38 bits per heavy atom. The molecule has 0 saturated carbocycles. The van der Waals surface area contributed by atoms with Crippen molar-refractivity contribution in [3.63, 3.8) is 0 Å². The van der Waals surface area contributed by atoms with Crippen LogP contribution >= 0.6 is 0 Å². The Bertz CT molecular complexity index is 769. The molecule has 2 saturated heterocycles. The number of nitrogens with zero attached hydrogens (tertiary/aromatic N) is 3. The standard InChI is InChI=1S/C20H29FN6O2/c1-13(2)24-20(29)27-10-15(19-18(27)7-8-25(19)12-28)9-26(23)11-17(22)14-3-5-16(21)6-4-14/h3-6,11-13,15,18-19H,7-10,22-23H2,1-2H3,(H,24,29)/b17-11-/t15-,18+,19+/m0/s1. The van der Waals surface area contributed by atoms with Gasteiger partial charge in [0.2, 0.25) is 6.41 Å². The Morgan fingerprint density at radius 3 is 2.69 bits per heavy atom. The lowest BCUT2D eigenvalue weighted by Gasteiger charge is -2.27. The highest BCUT2D eigenvalue weighted by molar-refractivity contribution is 5.75. The fourth-order valence-corrected chi connectivity index (χ4v) is 4.31. The number of nitrogens with two attached hydrogens (primary N) is 2. The lowest BCUT2D eigenvalue weighted by atomic mass is 9.99. The molecule has 2 aliphatic rings. The van der Waals surface area contributed by atoms with E-state index >= 15 is 0 Å². The average molecular weight is 404 g/mol. The summed E-state index contributed by atoms with van der Waals surface area (Å²) in [5.74, 6) is 5.83. The van der Waals surface area contributed by atoms with Crippen LogP contribution in [0.2, 0.25) is 0 Å². The lowest BCUT2D eigenvalue weighted by Crippen LogP contribution is -2.46. The Morgan fingerprint density at radius 2 is 2.07 bits per heavy atom. The molecule has 0 spiro atoms. The molecule has 2 fully saturated rings. The van der Waals surface area contributed by atoms with Crippen molar-refractivity contribution in [1.29, 1.82) is 0 Å². The molecule has 2 heterocycles. The summed E-state index contributed by atoms with van der Waals surface area (Å²) in [6.07, 6.45) is 3.20. The summed E-state index contributed by atoms with van der Waals surface area (Å²) in [7, 11) is 0. The van der Waals surface area contributed by atoms with Crippen molar-refractivity contribution in [3.8, 4) is 0 Å². The quantitative estimate of drug-likeness (QED) is 0.371. The topological polar surface area (TPSA) is 108 Å². The molecule has 0 radical (unpaired) electrons. The van der Waals surface area contributed by atoms with E-state index in [0.717, 1.165) is 12.8 Å². The zero-order chi connectivity index (χ0) is 21.1. The van der Waals surface area contributed by atoms with E-state index in [2.05, 4.69) is 5.32 Å². The molecule has 2 aliphatic heterocycles. The fraction of sp³-hybridized carbons (Fsp3) is 0.500. The first-order valence-corrected chi connectivity index (χ1v) is 9.83. The van der Waals surface area contributed by atoms with Crippen LogP contribution in [0.5, 0.6) is 0 Å². The van der Waals surface area contributed by atoms with Crippen molar-refractivity contribution in [2.75, 3.05) is 19.6 Å².